The van der Waals surface area contributed by atoms with E-state index in [1.165, 1.54) is 5.56 Å². The van der Waals surface area contributed by atoms with E-state index in [9.17, 15) is 0 Å². The third-order valence-corrected chi connectivity index (χ3v) is 4.97. The molecule has 3 heterocycles. The largest absolute Gasteiger partial charge is 0.497 e. The quantitative estimate of drug-likeness (QED) is 0.618. The lowest BCUT2D eigenvalue weighted by molar-refractivity contribution is 0.122. The highest BCUT2D eigenvalue weighted by atomic mass is 16.5. The second kappa shape index (κ2) is 9.41. The molecule has 4 rings (SSSR count). The van der Waals surface area contributed by atoms with Crippen LogP contribution in [0.25, 0.3) is 11.3 Å². The van der Waals surface area contributed by atoms with Crippen molar-refractivity contribution in [3.8, 4) is 17.0 Å². The first kappa shape index (κ1) is 19.9. The fourth-order valence-electron chi connectivity index (χ4n) is 3.26. The highest BCUT2D eigenvalue weighted by Crippen LogP contribution is 2.23. The summed E-state index contributed by atoms with van der Waals surface area (Å²) < 4.78 is 10.7. The SMILES string of the molecule is COc1ccc(CCNc2cc(-c3ccc(N)nc3)nc(N3CCOCC3)n2)cc1. The number of hydrogen-bond donors (Lipinski definition) is 2. The van der Waals surface area contributed by atoms with E-state index in [4.69, 9.17) is 25.2 Å². The number of morpholine rings is 1. The van der Waals surface area contributed by atoms with Crippen LogP contribution in [0, 0.1) is 0 Å². The predicted molar refractivity (Wildman–Crippen MR) is 118 cm³/mol. The van der Waals surface area contributed by atoms with E-state index in [1.807, 2.05) is 24.3 Å². The summed E-state index contributed by atoms with van der Waals surface area (Å²) in [6, 6.07) is 13.8. The number of pyridine rings is 1. The van der Waals surface area contributed by atoms with Crippen LogP contribution in [0.3, 0.4) is 0 Å². The number of rotatable bonds is 7. The lowest BCUT2D eigenvalue weighted by Gasteiger charge is -2.27. The summed E-state index contributed by atoms with van der Waals surface area (Å²) in [5.74, 6) is 2.82. The van der Waals surface area contributed by atoms with Gasteiger partial charge in [0, 0.05) is 37.5 Å². The minimum Gasteiger partial charge on any atom is -0.497 e. The van der Waals surface area contributed by atoms with Gasteiger partial charge in [-0.15, -0.1) is 0 Å². The third kappa shape index (κ3) is 4.96. The van der Waals surface area contributed by atoms with Crippen LogP contribution in [0.15, 0.2) is 48.7 Å². The first-order valence-electron chi connectivity index (χ1n) is 10.0. The minimum atomic E-state index is 0.485. The normalized spacial score (nSPS) is 13.8. The van der Waals surface area contributed by atoms with Crippen LogP contribution in [0.2, 0.25) is 0 Å². The standard InChI is InChI=1S/C22H26N6O2/c1-29-18-5-2-16(3-6-18)8-9-24-21-14-19(17-4-7-20(23)25-15-17)26-22(27-21)28-10-12-30-13-11-28/h2-7,14-15H,8-13H2,1H3,(H2,23,25)(H,24,26,27). The van der Waals surface area contributed by atoms with Crippen molar-refractivity contribution in [2.45, 2.75) is 6.42 Å². The Morgan fingerprint density at radius 2 is 1.90 bits per heavy atom. The molecule has 0 radical (unpaired) electrons. The molecule has 3 N–H and O–H groups in total. The molecule has 1 fully saturated rings. The first-order chi connectivity index (χ1) is 14.7. The molecular formula is C22H26N6O2. The van der Waals surface area contributed by atoms with Crippen molar-refractivity contribution in [1.29, 1.82) is 0 Å². The Kier molecular flexibility index (Phi) is 6.24. The molecule has 1 saturated heterocycles. The molecule has 0 aliphatic carbocycles. The van der Waals surface area contributed by atoms with Gasteiger partial charge in [0.05, 0.1) is 26.0 Å². The number of benzene rings is 1. The van der Waals surface area contributed by atoms with E-state index >= 15 is 0 Å². The summed E-state index contributed by atoms with van der Waals surface area (Å²) in [5, 5.41) is 3.44. The van der Waals surface area contributed by atoms with Crippen molar-refractivity contribution in [3.05, 3.63) is 54.2 Å². The van der Waals surface area contributed by atoms with Gasteiger partial charge < -0.3 is 25.4 Å². The maximum absolute atomic E-state index is 5.73. The zero-order valence-corrected chi connectivity index (χ0v) is 17.0. The predicted octanol–water partition coefficient (Wildman–Crippen LogP) is 2.62. The summed E-state index contributed by atoms with van der Waals surface area (Å²) in [6.45, 7) is 3.66. The molecule has 0 saturated carbocycles. The van der Waals surface area contributed by atoms with E-state index in [2.05, 4.69) is 27.3 Å². The maximum Gasteiger partial charge on any atom is 0.228 e. The molecule has 0 amide bonds. The average molecular weight is 406 g/mol. The van der Waals surface area contributed by atoms with Gasteiger partial charge >= 0.3 is 0 Å². The zero-order chi connectivity index (χ0) is 20.8. The molecule has 8 heteroatoms. The van der Waals surface area contributed by atoms with Crippen LogP contribution in [0.1, 0.15) is 5.56 Å². The summed E-state index contributed by atoms with van der Waals surface area (Å²) in [4.78, 5) is 15.9. The molecule has 0 spiro atoms. The van der Waals surface area contributed by atoms with Crippen molar-refractivity contribution in [1.82, 2.24) is 15.0 Å². The Morgan fingerprint density at radius 1 is 1.10 bits per heavy atom. The highest BCUT2D eigenvalue weighted by Gasteiger charge is 2.16. The molecule has 8 nitrogen and oxygen atoms in total. The Hall–Kier alpha value is -3.39. The monoisotopic (exact) mass is 406 g/mol. The number of ether oxygens (including phenoxy) is 2. The molecule has 0 bridgehead atoms. The fourth-order valence-corrected chi connectivity index (χ4v) is 3.26. The van der Waals surface area contributed by atoms with E-state index < -0.39 is 0 Å². The van der Waals surface area contributed by atoms with Gasteiger partial charge in [-0.05, 0) is 36.2 Å². The van der Waals surface area contributed by atoms with Gasteiger partial charge in [0.15, 0.2) is 0 Å². The highest BCUT2D eigenvalue weighted by molar-refractivity contribution is 5.64. The number of methoxy groups -OCH3 is 1. The molecule has 0 atom stereocenters. The number of hydrogen-bond acceptors (Lipinski definition) is 8. The molecule has 3 aromatic rings. The summed E-state index contributed by atoms with van der Waals surface area (Å²) in [6.07, 6.45) is 2.61. The van der Waals surface area contributed by atoms with Crippen LogP contribution in [-0.2, 0) is 11.2 Å². The molecule has 156 valence electrons. The zero-order valence-electron chi connectivity index (χ0n) is 17.0. The maximum atomic E-state index is 5.73. The number of nitrogens with two attached hydrogens (primary N) is 1. The van der Waals surface area contributed by atoms with Gasteiger partial charge in [-0.3, -0.25) is 0 Å². The van der Waals surface area contributed by atoms with Crippen LogP contribution >= 0.6 is 0 Å². The lowest BCUT2D eigenvalue weighted by Crippen LogP contribution is -2.37. The Balaban J connectivity index is 1.52. The Labute approximate surface area is 176 Å². The molecular weight excluding hydrogens is 380 g/mol. The van der Waals surface area contributed by atoms with E-state index in [0.29, 0.717) is 25.0 Å². The summed E-state index contributed by atoms with van der Waals surface area (Å²) >= 11 is 0. The number of nitrogens with zero attached hydrogens (tertiary/aromatic N) is 4. The second-order valence-electron chi connectivity index (χ2n) is 7.03. The Bertz CT molecular complexity index is 956. The van der Waals surface area contributed by atoms with Crippen molar-refractivity contribution in [3.63, 3.8) is 0 Å². The van der Waals surface area contributed by atoms with Gasteiger partial charge in [-0.25, -0.2) is 9.97 Å². The summed E-state index contributed by atoms with van der Waals surface area (Å²) in [7, 11) is 1.67. The molecule has 30 heavy (non-hydrogen) atoms. The van der Waals surface area contributed by atoms with E-state index in [-0.39, 0.29) is 0 Å². The fraction of sp³-hybridized carbons (Fsp3) is 0.318. The molecule has 1 aromatic carbocycles. The van der Waals surface area contributed by atoms with Crippen molar-refractivity contribution >= 4 is 17.6 Å². The van der Waals surface area contributed by atoms with Gasteiger partial charge in [-0.2, -0.15) is 4.98 Å². The topological polar surface area (TPSA) is 98.4 Å². The van der Waals surface area contributed by atoms with Crippen LogP contribution in [-0.4, -0.2) is 54.9 Å². The van der Waals surface area contributed by atoms with Crippen LogP contribution in [0.4, 0.5) is 17.6 Å². The third-order valence-electron chi connectivity index (χ3n) is 4.97. The molecule has 1 aliphatic rings. The van der Waals surface area contributed by atoms with Crippen molar-refractivity contribution in [2.24, 2.45) is 0 Å². The van der Waals surface area contributed by atoms with Crippen LogP contribution in [0.5, 0.6) is 5.75 Å². The second-order valence-corrected chi connectivity index (χ2v) is 7.03. The van der Waals surface area contributed by atoms with Gasteiger partial charge in [0.25, 0.3) is 0 Å². The van der Waals surface area contributed by atoms with Gasteiger partial charge in [0.1, 0.15) is 17.4 Å². The van der Waals surface area contributed by atoms with E-state index in [0.717, 1.165) is 48.9 Å². The first-order valence-corrected chi connectivity index (χ1v) is 10.0. The average Bonchev–Trinajstić information content (AvgIpc) is 2.80. The number of nitrogen functional groups attached to an aromatic ring is 1. The lowest BCUT2D eigenvalue weighted by atomic mass is 10.1. The molecule has 2 aromatic heterocycles. The van der Waals surface area contributed by atoms with Gasteiger partial charge in [0.2, 0.25) is 5.95 Å². The Morgan fingerprint density at radius 3 is 2.60 bits per heavy atom. The van der Waals surface area contributed by atoms with Crippen LogP contribution < -0.4 is 20.7 Å². The summed E-state index contributed by atoms with van der Waals surface area (Å²) in [5.41, 5.74) is 8.68. The molecule has 1 aliphatic heterocycles. The number of anilines is 3. The van der Waals surface area contributed by atoms with Gasteiger partial charge in [-0.1, -0.05) is 12.1 Å². The van der Waals surface area contributed by atoms with Crippen molar-refractivity contribution in [2.75, 3.05) is 55.9 Å². The number of nitrogens with one attached hydrogen (secondary N) is 1. The number of aromatic nitrogens is 3. The molecule has 0 unspecified atom stereocenters. The minimum absolute atomic E-state index is 0.485. The smallest absolute Gasteiger partial charge is 0.228 e. The van der Waals surface area contributed by atoms with Crippen molar-refractivity contribution < 1.29 is 9.47 Å². The van der Waals surface area contributed by atoms with E-state index in [1.54, 1.807) is 19.4 Å².